The van der Waals surface area contributed by atoms with E-state index in [1.54, 1.807) is 24.3 Å². The van der Waals surface area contributed by atoms with Gasteiger partial charge in [-0.05, 0) is 35.6 Å². The Labute approximate surface area is 138 Å². The van der Waals surface area contributed by atoms with E-state index < -0.39 is 0 Å². The molecule has 0 aromatic heterocycles. The fourth-order valence-corrected chi connectivity index (χ4v) is 3.04. The van der Waals surface area contributed by atoms with E-state index in [1.165, 1.54) is 0 Å². The van der Waals surface area contributed by atoms with Crippen molar-refractivity contribution in [3.05, 3.63) is 38.8 Å². The molecular weight excluding hydrogens is 340 g/mol. The summed E-state index contributed by atoms with van der Waals surface area (Å²) >= 11 is 23.3. The van der Waals surface area contributed by atoms with Crippen molar-refractivity contribution in [3.63, 3.8) is 0 Å². The molecule has 2 rings (SSSR count). The molecule has 2 nitrogen and oxygen atoms in total. The highest BCUT2D eigenvalue weighted by atomic mass is 35.5. The monoisotopic (exact) mass is 351 g/mol. The van der Waals surface area contributed by atoms with Gasteiger partial charge in [0.25, 0.3) is 0 Å². The quantitative estimate of drug-likeness (QED) is 0.761. The van der Waals surface area contributed by atoms with Gasteiger partial charge in [-0.2, -0.15) is 0 Å². The van der Waals surface area contributed by atoms with Crippen LogP contribution >= 0.6 is 46.4 Å². The second kappa shape index (κ2) is 5.76. The molecule has 0 heterocycles. The van der Waals surface area contributed by atoms with Crippen LogP contribution in [0.25, 0.3) is 0 Å². The molecule has 2 atom stereocenters. The van der Waals surface area contributed by atoms with E-state index in [1.807, 2.05) is 13.8 Å². The van der Waals surface area contributed by atoms with Crippen molar-refractivity contribution in [3.8, 4) is 0 Å². The Balaban J connectivity index is 2.14. The van der Waals surface area contributed by atoms with Crippen LogP contribution in [0.3, 0.4) is 0 Å². The molecular formula is C14H13Cl4NO. The predicted molar refractivity (Wildman–Crippen MR) is 85.6 cm³/mol. The van der Waals surface area contributed by atoms with Crippen LogP contribution < -0.4 is 5.32 Å². The molecule has 6 heteroatoms. The Morgan fingerprint density at radius 3 is 2.55 bits per heavy atom. The molecule has 1 amide bonds. The van der Waals surface area contributed by atoms with Crippen molar-refractivity contribution >= 4 is 58.0 Å². The average molecular weight is 353 g/mol. The van der Waals surface area contributed by atoms with Crippen molar-refractivity contribution in [2.75, 3.05) is 5.32 Å². The number of anilines is 1. The summed E-state index contributed by atoms with van der Waals surface area (Å²) < 4.78 is 0.180. The highest BCUT2D eigenvalue weighted by Crippen LogP contribution is 2.60. The van der Waals surface area contributed by atoms with Gasteiger partial charge in [-0.3, -0.25) is 4.79 Å². The van der Waals surface area contributed by atoms with Crippen LogP contribution in [-0.2, 0) is 4.79 Å². The first-order chi connectivity index (χ1) is 9.23. The van der Waals surface area contributed by atoms with E-state index >= 15 is 0 Å². The maximum Gasteiger partial charge on any atom is 0.228 e. The van der Waals surface area contributed by atoms with Gasteiger partial charge in [-0.15, -0.1) is 0 Å². The largest absolute Gasteiger partial charge is 0.324 e. The van der Waals surface area contributed by atoms with Gasteiger partial charge in [0.05, 0.1) is 16.6 Å². The zero-order valence-electron chi connectivity index (χ0n) is 10.9. The maximum atomic E-state index is 12.3. The molecule has 1 aromatic carbocycles. The van der Waals surface area contributed by atoms with Gasteiger partial charge < -0.3 is 5.32 Å². The van der Waals surface area contributed by atoms with Gasteiger partial charge in [0.2, 0.25) is 5.91 Å². The molecule has 1 aliphatic carbocycles. The summed E-state index contributed by atoms with van der Waals surface area (Å²) in [6, 6.07) is 4.93. The summed E-state index contributed by atoms with van der Waals surface area (Å²) in [5.41, 5.74) is 0.330. The standard InChI is InChI=1S/C14H13Cl4NO/c1-14(2)8(6-11(17)18)12(14)13(20)19-10-5-7(15)3-4-9(10)16/h3-6,8,12H,1-2H3,(H,19,20)/t8-,12-/m0/s1. The third kappa shape index (κ3) is 3.25. The number of allylic oxidation sites excluding steroid dienone is 1. The third-order valence-electron chi connectivity index (χ3n) is 3.68. The van der Waals surface area contributed by atoms with Gasteiger partial charge in [0, 0.05) is 5.02 Å². The summed E-state index contributed by atoms with van der Waals surface area (Å²) in [6.45, 7) is 3.99. The van der Waals surface area contributed by atoms with Gasteiger partial charge in [0.1, 0.15) is 4.49 Å². The second-order valence-corrected chi connectivity index (χ2v) is 7.25. The first-order valence-electron chi connectivity index (χ1n) is 6.02. The Morgan fingerprint density at radius 2 is 1.95 bits per heavy atom. The van der Waals surface area contributed by atoms with Gasteiger partial charge in [-0.1, -0.05) is 60.3 Å². The molecule has 0 aliphatic heterocycles. The van der Waals surface area contributed by atoms with Crippen LogP contribution in [0.5, 0.6) is 0 Å². The Morgan fingerprint density at radius 1 is 1.30 bits per heavy atom. The number of carbonyl (C=O) groups is 1. The predicted octanol–water partition coefficient (Wildman–Crippen LogP) is 5.52. The molecule has 1 aliphatic rings. The minimum atomic E-state index is -0.190. The normalized spacial score (nSPS) is 23.1. The molecule has 0 spiro atoms. The van der Waals surface area contributed by atoms with Gasteiger partial charge in [0.15, 0.2) is 0 Å². The van der Waals surface area contributed by atoms with E-state index in [2.05, 4.69) is 5.32 Å². The van der Waals surface area contributed by atoms with Crippen molar-refractivity contribution in [1.82, 2.24) is 0 Å². The lowest BCUT2D eigenvalue weighted by Gasteiger charge is -2.08. The van der Waals surface area contributed by atoms with Crippen LogP contribution in [-0.4, -0.2) is 5.91 Å². The number of amides is 1. The van der Waals surface area contributed by atoms with E-state index in [9.17, 15) is 4.79 Å². The van der Waals surface area contributed by atoms with Crippen LogP contribution in [0, 0.1) is 17.3 Å². The number of hydrogen-bond acceptors (Lipinski definition) is 1. The van der Waals surface area contributed by atoms with Crippen molar-refractivity contribution in [2.45, 2.75) is 13.8 Å². The second-order valence-electron chi connectivity index (χ2n) is 5.39. The summed E-state index contributed by atoms with van der Waals surface area (Å²) in [5.74, 6) is -0.287. The molecule has 0 bridgehead atoms. The molecule has 0 unspecified atom stereocenters. The van der Waals surface area contributed by atoms with Crippen LogP contribution in [0.2, 0.25) is 10.0 Å². The molecule has 0 saturated heterocycles. The minimum absolute atomic E-state index is 0.0189. The molecule has 0 radical (unpaired) electrons. The van der Waals surface area contributed by atoms with Crippen molar-refractivity contribution in [2.24, 2.45) is 17.3 Å². The van der Waals surface area contributed by atoms with E-state index in [0.717, 1.165) is 0 Å². The fraction of sp³-hybridized carbons (Fsp3) is 0.357. The number of benzene rings is 1. The Bertz CT molecular complexity index is 579. The van der Waals surface area contributed by atoms with E-state index in [4.69, 9.17) is 46.4 Å². The summed E-state index contributed by atoms with van der Waals surface area (Å²) in [4.78, 5) is 12.3. The average Bonchev–Trinajstić information content (AvgIpc) is 2.84. The highest BCUT2D eigenvalue weighted by Gasteiger charge is 2.60. The van der Waals surface area contributed by atoms with Crippen molar-refractivity contribution < 1.29 is 4.79 Å². The zero-order chi connectivity index (χ0) is 15.1. The van der Waals surface area contributed by atoms with Gasteiger partial charge >= 0.3 is 0 Å². The number of nitrogens with one attached hydrogen (secondary N) is 1. The third-order valence-corrected chi connectivity index (χ3v) is 4.50. The smallest absolute Gasteiger partial charge is 0.228 e. The lowest BCUT2D eigenvalue weighted by Crippen LogP contribution is -2.17. The molecule has 1 fully saturated rings. The molecule has 1 N–H and O–H groups in total. The van der Waals surface area contributed by atoms with Crippen molar-refractivity contribution in [1.29, 1.82) is 0 Å². The Kier molecular flexibility index (Phi) is 4.60. The maximum absolute atomic E-state index is 12.3. The lowest BCUT2D eigenvalue weighted by atomic mass is 10.1. The summed E-state index contributed by atoms with van der Waals surface area (Å²) in [5, 5.41) is 3.76. The highest BCUT2D eigenvalue weighted by molar-refractivity contribution is 6.55. The van der Waals surface area contributed by atoms with Crippen LogP contribution in [0.4, 0.5) is 5.69 Å². The topological polar surface area (TPSA) is 29.1 Å². The SMILES string of the molecule is CC1(C)[C@H](C(=O)Nc2cc(Cl)ccc2Cl)[C@@H]1C=C(Cl)Cl. The van der Waals surface area contributed by atoms with E-state index in [0.29, 0.717) is 15.7 Å². The number of halogens is 4. The first kappa shape index (κ1) is 16.0. The summed E-state index contributed by atoms with van der Waals surface area (Å²) in [6.07, 6.45) is 1.70. The number of rotatable bonds is 3. The molecule has 1 saturated carbocycles. The number of hydrogen-bond donors (Lipinski definition) is 1. The minimum Gasteiger partial charge on any atom is -0.324 e. The first-order valence-corrected chi connectivity index (χ1v) is 7.53. The van der Waals surface area contributed by atoms with Crippen LogP contribution in [0.1, 0.15) is 13.8 Å². The zero-order valence-corrected chi connectivity index (χ0v) is 13.9. The number of carbonyl (C=O) groups excluding carboxylic acids is 1. The molecule has 20 heavy (non-hydrogen) atoms. The van der Waals surface area contributed by atoms with E-state index in [-0.39, 0.29) is 27.6 Å². The molecule has 108 valence electrons. The summed E-state index contributed by atoms with van der Waals surface area (Å²) in [7, 11) is 0. The fourth-order valence-electron chi connectivity index (χ4n) is 2.43. The lowest BCUT2D eigenvalue weighted by molar-refractivity contribution is -0.118. The Hall–Kier alpha value is -0.410. The van der Waals surface area contributed by atoms with Gasteiger partial charge in [-0.25, -0.2) is 0 Å². The van der Waals surface area contributed by atoms with Crippen LogP contribution in [0.15, 0.2) is 28.8 Å². The molecule has 1 aromatic rings.